The van der Waals surface area contributed by atoms with Crippen LogP contribution in [0.5, 0.6) is 0 Å². The number of hydrogen-bond donors (Lipinski definition) is 1. The van der Waals surface area contributed by atoms with Crippen LogP contribution in [0.4, 0.5) is 5.82 Å². The van der Waals surface area contributed by atoms with Gasteiger partial charge in [0.2, 0.25) is 5.91 Å². The highest BCUT2D eigenvalue weighted by Crippen LogP contribution is 2.39. The minimum absolute atomic E-state index is 0.120. The SMILES string of the molecule is Cc1nn(-c2ccc(Cl)nn2)c2c1C(c1coc3ccccc3c1=O)CC(=O)N2. The molecule has 0 spiro atoms. The molecule has 1 aliphatic heterocycles. The third-order valence-electron chi connectivity index (χ3n) is 5.02. The fraction of sp³-hybridized carbons (Fsp3) is 0.150. The Labute approximate surface area is 169 Å². The van der Waals surface area contributed by atoms with Gasteiger partial charge in [-0.15, -0.1) is 10.2 Å². The number of para-hydroxylation sites is 1. The number of carbonyl (C=O) groups is 1. The Morgan fingerprint density at radius 1 is 1.17 bits per heavy atom. The second-order valence-corrected chi connectivity index (χ2v) is 7.18. The average molecular weight is 408 g/mol. The number of benzene rings is 1. The molecule has 1 atom stereocenters. The molecule has 1 aliphatic rings. The van der Waals surface area contributed by atoms with Crippen molar-refractivity contribution in [3.05, 3.63) is 74.9 Å². The monoisotopic (exact) mass is 407 g/mol. The molecule has 1 unspecified atom stereocenters. The third kappa shape index (κ3) is 2.80. The van der Waals surface area contributed by atoms with Crippen LogP contribution in [0, 0.1) is 6.92 Å². The summed E-state index contributed by atoms with van der Waals surface area (Å²) in [5.74, 6) is 0.171. The molecule has 1 aromatic carbocycles. The lowest BCUT2D eigenvalue weighted by Gasteiger charge is -2.23. The maximum Gasteiger partial charge on any atom is 0.226 e. The van der Waals surface area contributed by atoms with Crippen molar-refractivity contribution in [1.82, 2.24) is 20.0 Å². The standard InChI is InChI=1S/C20H14ClN5O3/c1-10-18-12(13-9-29-14-5-3-2-4-11(14)19(13)28)8-17(27)22-20(18)26(25-10)16-7-6-15(21)23-24-16/h2-7,9,12H,8H2,1H3,(H,22,27). The number of hydrogen-bond acceptors (Lipinski definition) is 6. The second kappa shape index (κ2) is 6.52. The van der Waals surface area contributed by atoms with E-state index in [0.29, 0.717) is 33.9 Å². The van der Waals surface area contributed by atoms with Crippen LogP contribution in [0.2, 0.25) is 5.15 Å². The van der Waals surface area contributed by atoms with E-state index < -0.39 is 5.92 Å². The molecule has 0 fully saturated rings. The number of nitrogens with one attached hydrogen (secondary N) is 1. The Morgan fingerprint density at radius 3 is 2.79 bits per heavy atom. The van der Waals surface area contributed by atoms with E-state index in [1.807, 2.05) is 6.92 Å². The minimum Gasteiger partial charge on any atom is -0.464 e. The van der Waals surface area contributed by atoms with Crippen LogP contribution >= 0.6 is 11.6 Å². The highest BCUT2D eigenvalue weighted by Gasteiger charge is 2.34. The lowest BCUT2D eigenvalue weighted by Crippen LogP contribution is -2.27. The van der Waals surface area contributed by atoms with Crippen molar-refractivity contribution in [3.63, 3.8) is 0 Å². The number of rotatable bonds is 2. The zero-order valence-electron chi connectivity index (χ0n) is 15.2. The van der Waals surface area contributed by atoms with Crippen molar-refractivity contribution in [3.8, 4) is 5.82 Å². The summed E-state index contributed by atoms with van der Waals surface area (Å²) in [6, 6.07) is 10.3. The van der Waals surface area contributed by atoms with E-state index in [-0.39, 0.29) is 22.9 Å². The molecule has 1 amide bonds. The molecule has 4 heterocycles. The van der Waals surface area contributed by atoms with Gasteiger partial charge in [-0.2, -0.15) is 9.78 Å². The van der Waals surface area contributed by atoms with Gasteiger partial charge in [0.15, 0.2) is 16.4 Å². The quantitative estimate of drug-likeness (QED) is 0.547. The number of halogens is 1. The molecule has 3 aromatic heterocycles. The van der Waals surface area contributed by atoms with Crippen LogP contribution < -0.4 is 10.7 Å². The smallest absolute Gasteiger partial charge is 0.226 e. The van der Waals surface area contributed by atoms with E-state index in [4.69, 9.17) is 16.0 Å². The van der Waals surface area contributed by atoms with Gasteiger partial charge < -0.3 is 9.73 Å². The number of aromatic nitrogens is 4. The van der Waals surface area contributed by atoms with Gasteiger partial charge in [-0.25, -0.2) is 0 Å². The van der Waals surface area contributed by atoms with Gasteiger partial charge in [0, 0.05) is 23.5 Å². The van der Waals surface area contributed by atoms with Crippen molar-refractivity contribution < 1.29 is 9.21 Å². The highest BCUT2D eigenvalue weighted by molar-refractivity contribution is 6.29. The summed E-state index contributed by atoms with van der Waals surface area (Å²) in [5.41, 5.74) is 2.20. The van der Waals surface area contributed by atoms with E-state index >= 15 is 0 Å². The van der Waals surface area contributed by atoms with E-state index in [0.717, 1.165) is 5.56 Å². The van der Waals surface area contributed by atoms with Crippen LogP contribution in [-0.2, 0) is 4.79 Å². The number of carbonyl (C=O) groups excluding carboxylic acids is 1. The Kier molecular flexibility index (Phi) is 3.95. The van der Waals surface area contributed by atoms with Crippen LogP contribution in [0.1, 0.15) is 29.2 Å². The summed E-state index contributed by atoms with van der Waals surface area (Å²) in [6.07, 6.45) is 1.56. The summed E-state index contributed by atoms with van der Waals surface area (Å²) in [5, 5.41) is 16.0. The Morgan fingerprint density at radius 2 is 2.00 bits per heavy atom. The highest BCUT2D eigenvalue weighted by atomic mass is 35.5. The van der Waals surface area contributed by atoms with E-state index in [1.54, 1.807) is 36.4 Å². The number of aryl methyl sites for hydroxylation is 1. The van der Waals surface area contributed by atoms with Gasteiger partial charge in [-0.1, -0.05) is 23.7 Å². The van der Waals surface area contributed by atoms with Crippen molar-refractivity contribution >= 4 is 34.3 Å². The second-order valence-electron chi connectivity index (χ2n) is 6.79. The van der Waals surface area contributed by atoms with Crippen LogP contribution in [-0.4, -0.2) is 25.9 Å². The predicted molar refractivity (Wildman–Crippen MR) is 106 cm³/mol. The average Bonchev–Trinajstić information content (AvgIpc) is 3.05. The first kappa shape index (κ1) is 17.6. The molecule has 0 saturated heterocycles. The normalized spacial score (nSPS) is 15.9. The van der Waals surface area contributed by atoms with Gasteiger partial charge >= 0.3 is 0 Å². The number of fused-ring (bicyclic) bond motifs is 2. The molecule has 8 nitrogen and oxygen atoms in total. The topological polar surface area (TPSA) is 103 Å². The summed E-state index contributed by atoms with van der Waals surface area (Å²) < 4.78 is 7.18. The molecule has 0 saturated carbocycles. The van der Waals surface area contributed by atoms with Gasteiger partial charge in [-0.05, 0) is 31.2 Å². The molecule has 144 valence electrons. The number of nitrogens with zero attached hydrogens (tertiary/aromatic N) is 4. The van der Waals surface area contributed by atoms with E-state index in [1.165, 1.54) is 10.9 Å². The van der Waals surface area contributed by atoms with E-state index in [9.17, 15) is 9.59 Å². The molecule has 1 N–H and O–H groups in total. The molecule has 29 heavy (non-hydrogen) atoms. The fourth-order valence-electron chi connectivity index (χ4n) is 3.73. The van der Waals surface area contributed by atoms with Crippen molar-refractivity contribution in [2.24, 2.45) is 0 Å². The number of amides is 1. The lowest BCUT2D eigenvalue weighted by atomic mass is 9.86. The first-order valence-corrected chi connectivity index (χ1v) is 9.30. The third-order valence-corrected chi connectivity index (χ3v) is 5.22. The van der Waals surface area contributed by atoms with Crippen LogP contribution in [0.25, 0.3) is 16.8 Å². The molecule has 0 radical (unpaired) electrons. The van der Waals surface area contributed by atoms with Crippen LogP contribution in [0.3, 0.4) is 0 Å². The summed E-state index contributed by atoms with van der Waals surface area (Å²) >= 11 is 5.82. The molecular formula is C20H14ClN5O3. The van der Waals surface area contributed by atoms with Gasteiger partial charge in [-0.3, -0.25) is 9.59 Å². The van der Waals surface area contributed by atoms with Gasteiger partial charge in [0.05, 0.1) is 17.3 Å². The zero-order valence-corrected chi connectivity index (χ0v) is 16.0. The van der Waals surface area contributed by atoms with Gasteiger partial charge in [0.1, 0.15) is 11.4 Å². The Bertz CT molecular complexity index is 1330. The van der Waals surface area contributed by atoms with Crippen molar-refractivity contribution in [2.45, 2.75) is 19.3 Å². The lowest BCUT2D eigenvalue weighted by molar-refractivity contribution is -0.116. The molecule has 4 aromatic rings. The van der Waals surface area contributed by atoms with Gasteiger partial charge in [0.25, 0.3) is 0 Å². The van der Waals surface area contributed by atoms with Crippen LogP contribution in [0.15, 0.2) is 51.9 Å². The Balaban J connectivity index is 1.71. The predicted octanol–water partition coefficient (Wildman–Crippen LogP) is 3.20. The largest absolute Gasteiger partial charge is 0.464 e. The molecular weight excluding hydrogens is 394 g/mol. The number of anilines is 1. The van der Waals surface area contributed by atoms with Crippen molar-refractivity contribution in [1.29, 1.82) is 0 Å². The molecule has 0 aliphatic carbocycles. The summed E-state index contributed by atoms with van der Waals surface area (Å²) in [6.45, 7) is 1.83. The Hall–Kier alpha value is -3.52. The maximum atomic E-state index is 13.1. The summed E-state index contributed by atoms with van der Waals surface area (Å²) in [7, 11) is 0. The molecule has 5 rings (SSSR count). The first-order valence-electron chi connectivity index (χ1n) is 8.92. The van der Waals surface area contributed by atoms with E-state index in [2.05, 4.69) is 20.6 Å². The zero-order chi connectivity index (χ0) is 20.1. The fourth-order valence-corrected chi connectivity index (χ4v) is 3.83. The molecule has 0 bridgehead atoms. The molecule has 9 heteroatoms. The first-order chi connectivity index (χ1) is 14.0. The minimum atomic E-state index is -0.478. The summed E-state index contributed by atoms with van der Waals surface area (Å²) in [4.78, 5) is 25.6. The van der Waals surface area contributed by atoms with Crippen molar-refractivity contribution in [2.75, 3.05) is 5.32 Å². The maximum absolute atomic E-state index is 13.1.